The normalized spacial score (nSPS) is 18.8. The highest BCUT2D eigenvalue weighted by Crippen LogP contribution is 2.48. The fourth-order valence-corrected chi connectivity index (χ4v) is 7.03. The zero-order chi connectivity index (χ0) is 27.9. The maximum atomic E-state index is 13.2. The standard InChI is InChI=1S/C31H36F3N3O3/c32-31(33,34)40-23-10-12-25-26(20-23)36(16-15-35-13-5-2-6-14-35)17-18-37-27-19-22(30(38)39)9-11-24(27)28(29(25)37)21-7-3-1-4-8-21/h9-12,19-21H,1-8,13-18H2,(H,38,39). The summed E-state index contributed by atoms with van der Waals surface area (Å²) in [5.74, 6) is -0.865. The maximum Gasteiger partial charge on any atom is 0.573 e. The van der Waals surface area contributed by atoms with E-state index in [4.69, 9.17) is 0 Å². The molecule has 3 heterocycles. The molecule has 0 bridgehead atoms. The highest BCUT2D eigenvalue weighted by Gasteiger charge is 2.34. The number of rotatable bonds is 6. The molecule has 1 aliphatic carbocycles. The van der Waals surface area contributed by atoms with Crippen LogP contribution in [0.5, 0.6) is 5.75 Å². The van der Waals surface area contributed by atoms with Gasteiger partial charge in [-0.2, -0.15) is 0 Å². The number of likely N-dealkylation sites (tertiary alicyclic amines) is 1. The molecule has 9 heteroatoms. The third kappa shape index (κ3) is 5.40. The van der Waals surface area contributed by atoms with Gasteiger partial charge in [0.25, 0.3) is 0 Å². The predicted molar refractivity (Wildman–Crippen MR) is 149 cm³/mol. The molecule has 3 aliphatic rings. The van der Waals surface area contributed by atoms with Crippen LogP contribution in [0, 0.1) is 0 Å². The lowest BCUT2D eigenvalue weighted by Crippen LogP contribution is -2.38. The molecular formula is C31H36F3N3O3. The van der Waals surface area contributed by atoms with Crippen LogP contribution in [0.25, 0.3) is 22.2 Å². The molecule has 1 aromatic heterocycles. The van der Waals surface area contributed by atoms with Crippen LogP contribution in [0.3, 0.4) is 0 Å². The third-order valence-electron chi connectivity index (χ3n) is 8.89. The van der Waals surface area contributed by atoms with Crippen LogP contribution in [0.4, 0.5) is 18.9 Å². The van der Waals surface area contributed by atoms with E-state index in [9.17, 15) is 23.1 Å². The van der Waals surface area contributed by atoms with Crippen LogP contribution < -0.4 is 9.64 Å². The van der Waals surface area contributed by atoms with Crippen LogP contribution in [0.15, 0.2) is 36.4 Å². The average Bonchev–Trinajstić information content (AvgIpc) is 3.17. The first kappa shape index (κ1) is 27.0. The van der Waals surface area contributed by atoms with E-state index in [1.807, 2.05) is 6.07 Å². The number of aromatic nitrogens is 1. The van der Waals surface area contributed by atoms with Gasteiger partial charge in [0.15, 0.2) is 0 Å². The molecule has 0 spiro atoms. The molecule has 0 unspecified atom stereocenters. The minimum absolute atomic E-state index is 0.217. The summed E-state index contributed by atoms with van der Waals surface area (Å²) >= 11 is 0. The number of halogens is 3. The molecule has 1 saturated heterocycles. The summed E-state index contributed by atoms with van der Waals surface area (Å²) in [6.45, 7) is 4.86. The Morgan fingerprint density at radius 2 is 1.65 bits per heavy atom. The predicted octanol–water partition coefficient (Wildman–Crippen LogP) is 7.26. The summed E-state index contributed by atoms with van der Waals surface area (Å²) in [6.07, 6.45) is 4.40. The Labute approximate surface area is 232 Å². The minimum Gasteiger partial charge on any atom is -0.478 e. The molecule has 2 fully saturated rings. The van der Waals surface area contributed by atoms with Crippen molar-refractivity contribution >= 4 is 22.6 Å². The first-order valence-corrected chi connectivity index (χ1v) is 14.6. The first-order valence-electron chi connectivity index (χ1n) is 14.6. The maximum absolute atomic E-state index is 13.2. The van der Waals surface area contributed by atoms with Crippen molar-refractivity contribution in [2.24, 2.45) is 0 Å². The van der Waals surface area contributed by atoms with Crippen LogP contribution in [-0.4, -0.2) is 59.6 Å². The van der Waals surface area contributed by atoms with E-state index in [0.717, 1.165) is 73.2 Å². The van der Waals surface area contributed by atoms with Crippen molar-refractivity contribution in [1.29, 1.82) is 0 Å². The van der Waals surface area contributed by atoms with Crippen molar-refractivity contribution < 1.29 is 27.8 Å². The molecule has 40 heavy (non-hydrogen) atoms. The van der Waals surface area contributed by atoms with Gasteiger partial charge in [-0.15, -0.1) is 13.2 Å². The molecule has 2 aromatic carbocycles. The molecule has 1 N–H and O–H groups in total. The van der Waals surface area contributed by atoms with Crippen molar-refractivity contribution in [1.82, 2.24) is 9.47 Å². The molecule has 0 atom stereocenters. The van der Waals surface area contributed by atoms with Crippen LogP contribution in [0.2, 0.25) is 0 Å². The van der Waals surface area contributed by atoms with Crippen molar-refractivity contribution in [3.05, 3.63) is 47.5 Å². The molecule has 214 valence electrons. The number of benzene rings is 2. The van der Waals surface area contributed by atoms with Gasteiger partial charge >= 0.3 is 12.3 Å². The highest BCUT2D eigenvalue weighted by atomic mass is 19.4. The smallest absolute Gasteiger partial charge is 0.478 e. The van der Waals surface area contributed by atoms with E-state index in [0.29, 0.717) is 25.6 Å². The van der Waals surface area contributed by atoms with Crippen molar-refractivity contribution in [3.8, 4) is 17.0 Å². The number of piperidine rings is 1. The molecular weight excluding hydrogens is 519 g/mol. The quantitative estimate of drug-likeness (QED) is 0.347. The second-order valence-electron chi connectivity index (χ2n) is 11.4. The molecule has 3 aromatic rings. The zero-order valence-corrected chi connectivity index (χ0v) is 22.7. The fourth-order valence-electron chi connectivity index (χ4n) is 7.03. The second-order valence-corrected chi connectivity index (χ2v) is 11.4. The Bertz CT molecular complexity index is 1390. The van der Waals surface area contributed by atoms with Gasteiger partial charge in [0.1, 0.15) is 5.75 Å². The lowest BCUT2D eigenvalue weighted by Gasteiger charge is -2.31. The number of hydrogen-bond donors (Lipinski definition) is 1. The van der Waals surface area contributed by atoms with Gasteiger partial charge < -0.3 is 24.2 Å². The number of carboxylic acids is 1. The number of nitrogens with zero attached hydrogens (tertiary/aromatic N) is 3. The number of ether oxygens (including phenoxy) is 1. The molecule has 1 saturated carbocycles. The number of hydrogen-bond acceptors (Lipinski definition) is 4. The van der Waals surface area contributed by atoms with E-state index < -0.39 is 12.3 Å². The van der Waals surface area contributed by atoms with Gasteiger partial charge in [0, 0.05) is 54.4 Å². The van der Waals surface area contributed by atoms with Gasteiger partial charge in [-0.25, -0.2) is 4.79 Å². The van der Waals surface area contributed by atoms with Crippen LogP contribution in [-0.2, 0) is 6.54 Å². The SMILES string of the molecule is O=C(O)c1ccc2c(C3CCCCC3)c3n(c2c1)CCN(CCN1CCCCC1)c1cc(OC(F)(F)F)ccc1-3. The summed E-state index contributed by atoms with van der Waals surface area (Å²) in [7, 11) is 0. The molecule has 0 amide bonds. The van der Waals surface area contributed by atoms with E-state index in [-0.39, 0.29) is 11.3 Å². The van der Waals surface area contributed by atoms with Gasteiger partial charge in [-0.05, 0) is 74.5 Å². The number of carboxylic acid groups (broad SMARTS) is 1. The summed E-state index contributed by atoms with van der Waals surface area (Å²) in [5, 5.41) is 10.8. The Balaban J connectivity index is 1.50. The molecule has 6 rings (SSSR count). The van der Waals surface area contributed by atoms with Gasteiger partial charge in [0.05, 0.1) is 11.3 Å². The van der Waals surface area contributed by atoms with E-state index in [2.05, 4.69) is 19.1 Å². The minimum atomic E-state index is -4.77. The number of aromatic carboxylic acids is 1. The molecule has 2 aliphatic heterocycles. The summed E-state index contributed by atoms with van der Waals surface area (Å²) in [4.78, 5) is 16.5. The summed E-state index contributed by atoms with van der Waals surface area (Å²) in [5.41, 5.74) is 4.97. The Morgan fingerprint density at radius 3 is 2.38 bits per heavy atom. The lowest BCUT2D eigenvalue weighted by atomic mass is 9.81. The Hall–Kier alpha value is -3.20. The first-order chi connectivity index (χ1) is 19.3. The third-order valence-corrected chi connectivity index (χ3v) is 8.89. The Kier molecular flexibility index (Phi) is 7.42. The van der Waals surface area contributed by atoms with E-state index in [1.54, 1.807) is 24.3 Å². The number of alkyl halides is 3. The van der Waals surface area contributed by atoms with Crippen LogP contribution >= 0.6 is 0 Å². The average molecular weight is 556 g/mol. The van der Waals surface area contributed by atoms with Gasteiger partial charge in [-0.3, -0.25) is 0 Å². The van der Waals surface area contributed by atoms with E-state index >= 15 is 0 Å². The Morgan fingerprint density at radius 1 is 0.900 bits per heavy atom. The van der Waals surface area contributed by atoms with Gasteiger partial charge in [-0.1, -0.05) is 31.7 Å². The monoisotopic (exact) mass is 555 g/mol. The number of carbonyl (C=O) groups is 1. The second kappa shape index (κ2) is 11.0. The van der Waals surface area contributed by atoms with Crippen LogP contribution in [0.1, 0.15) is 73.2 Å². The highest BCUT2D eigenvalue weighted by molar-refractivity contribution is 5.99. The molecule has 6 nitrogen and oxygen atoms in total. The number of fused-ring (bicyclic) bond motifs is 5. The molecule has 0 radical (unpaired) electrons. The topological polar surface area (TPSA) is 57.9 Å². The van der Waals surface area contributed by atoms with Crippen molar-refractivity contribution in [2.75, 3.05) is 37.6 Å². The summed E-state index contributed by atoms with van der Waals surface area (Å²) in [6, 6.07) is 10.1. The summed E-state index contributed by atoms with van der Waals surface area (Å²) < 4.78 is 46.3. The fraction of sp³-hybridized carbons (Fsp3) is 0.516. The van der Waals surface area contributed by atoms with Crippen molar-refractivity contribution in [3.63, 3.8) is 0 Å². The van der Waals surface area contributed by atoms with Gasteiger partial charge in [0.2, 0.25) is 0 Å². The lowest BCUT2D eigenvalue weighted by molar-refractivity contribution is -0.274. The zero-order valence-electron chi connectivity index (χ0n) is 22.7. The largest absolute Gasteiger partial charge is 0.573 e. The van der Waals surface area contributed by atoms with Crippen molar-refractivity contribution in [2.45, 2.75) is 70.2 Å². The van der Waals surface area contributed by atoms with E-state index in [1.165, 1.54) is 37.3 Å². The number of anilines is 1.